The number of ether oxygens (including phenoxy) is 1. The number of carboxylic acid groups (broad SMARTS) is 1. The summed E-state index contributed by atoms with van der Waals surface area (Å²) in [5, 5.41) is 13.7. The van der Waals surface area contributed by atoms with Crippen LogP contribution in [0, 0.1) is 5.92 Å². The number of aliphatic carboxylic acids is 1. The van der Waals surface area contributed by atoms with Crippen LogP contribution in [0.1, 0.15) is 46.5 Å². The van der Waals surface area contributed by atoms with Gasteiger partial charge in [0.05, 0.1) is 12.0 Å². The number of carboxylic acids is 1. The van der Waals surface area contributed by atoms with E-state index in [0.29, 0.717) is 25.7 Å². The van der Waals surface area contributed by atoms with Crippen LogP contribution in [-0.4, -0.2) is 41.3 Å². The van der Waals surface area contributed by atoms with Gasteiger partial charge in [-0.1, -0.05) is 0 Å². The Morgan fingerprint density at radius 1 is 1.14 bits per heavy atom. The van der Waals surface area contributed by atoms with Gasteiger partial charge < -0.3 is 15.2 Å². The van der Waals surface area contributed by atoms with E-state index >= 15 is 0 Å². The molecule has 0 unspecified atom stereocenters. The second-order valence-electron chi connectivity index (χ2n) is 6.38. The minimum absolute atomic E-state index is 0.114. The number of imide groups is 1. The van der Waals surface area contributed by atoms with E-state index in [1.54, 1.807) is 0 Å². The van der Waals surface area contributed by atoms with Gasteiger partial charge in [0.15, 0.2) is 0 Å². The Morgan fingerprint density at radius 2 is 1.71 bits per heavy atom. The molecule has 0 atom stereocenters. The lowest BCUT2D eigenvalue weighted by Gasteiger charge is -2.26. The first-order valence-electron chi connectivity index (χ1n) is 7.14. The van der Waals surface area contributed by atoms with Gasteiger partial charge in [0.2, 0.25) is 0 Å². The Labute approximate surface area is 124 Å². The second-order valence-corrected chi connectivity index (χ2v) is 6.38. The third-order valence-corrected chi connectivity index (χ3v) is 3.22. The lowest BCUT2D eigenvalue weighted by Crippen LogP contribution is -2.49. The van der Waals surface area contributed by atoms with Crippen LogP contribution in [0.25, 0.3) is 0 Å². The molecule has 1 rings (SSSR count). The first-order chi connectivity index (χ1) is 9.67. The predicted molar refractivity (Wildman–Crippen MR) is 75.8 cm³/mol. The van der Waals surface area contributed by atoms with Gasteiger partial charge in [0.25, 0.3) is 5.91 Å². The van der Waals surface area contributed by atoms with Crippen LogP contribution in [0.3, 0.4) is 0 Å². The lowest BCUT2D eigenvalue weighted by molar-refractivity contribution is -0.144. The Morgan fingerprint density at radius 3 is 2.19 bits per heavy atom. The molecule has 0 aromatic heterocycles. The van der Waals surface area contributed by atoms with Crippen LogP contribution < -0.4 is 10.6 Å². The molecule has 0 bridgehead atoms. The molecule has 0 saturated heterocycles. The molecule has 0 heterocycles. The zero-order valence-corrected chi connectivity index (χ0v) is 12.8. The number of hydrogen-bond donors (Lipinski definition) is 3. The van der Waals surface area contributed by atoms with Crippen molar-refractivity contribution < 1.29 is 24.2 Å². The largest absolute Gasteiger partial charge is 0.481 e. The average molecular weight is 300 g/mol. The van der Waals surface area contributed by atoms with Crippen LogP contribution in [0.2, 0.25) is 0 Å². The maximum atomic E-state index is 11.6. The first-order valence-corrected chi connectivity index (χ1v) is 7.14. The molecule has 7 heteroatoms. The van der Waals surface area contributed by atoms with E-state index in [9.17, 15) is 14.4 Å². The van der Waals surface area contributed by atoms with E-state index in [-0.39, 0.29) is 18.6 Å². The maximum absolute atomic E-state index is 11.6. The molecule has 21 heavy (non-hydrogen) atoms. The Bertz CT molecular complexity index is 395. The lowest BCUT2D eigenvalue weighted by atomic mass is 9.87. The molecule has 3 amide bonds. The normalized spacial score (nSPS) is 22.4. The molecule has 3 N–H and O–H groups in total. The van der Waals surface area contributed by atoms with E-state index in [2.05, 4.69) is 10.6 Å². The minimum atomic E-state index is -0.773. The fraction of sp³-hybridized carbons (Fsp3) is 0.786. The summed E-state index contributed by atoms with van der Waals surface area (Å²) in [7, 11) is 0. The highest BCUT2D eigenvalue weighted by Gasteiger charge is 2.26. The van der Waals surface area contributed by atoms with E-state index in [0.717, 1.165) is 0 Å². The zero-order valence-electron chi connectivity index (χ0n) is 12.8. The molecular weight excluding hydrogens is 276 g/mol. The quantitative estimate of drug-likeness (QED) is 0.725. The zero-order chi connectivity index (χ0) is 16.0. The highest BCUT2D eigenvalue weighted by molar-refractivity contribution is 5.95. The number of urea groups is 1. The van der Waals surface area contributed by atoms with Crippen molar-refractivity contribution in [1.29, 1.82) is 0 Å². The van der Waals surface area contributed by atoms with Gasteiger partial charge in [-0.15, -0.1) is 0 Å². The van der Waals surface area contributed by atoms with Gasteiger partial charge >= 0.3 is 12.0 Å². The summed E-state index contributed by atoms with van der Waals surface area (Å²) in [6.45, 7) is 5.25. The maximum Gasteiger partial charge on any atom is 0.321 e. The molecule has 0 aromatic carbocycles. The molecule has 120 valence electrons. The number of amides is 3. The number of rotatable bonds is 4. The third kappa shape index (κ3) is 7.08. The smallest absolute Gasteiger partial charge is 0.321 e. The summed E-state index contributed by atoms with van der Waals surface area (Å²) in [4.78, 5) is 33.9. The fourth-order valence-corrected chi connectivity index (χ4v) is 2.20. The Hall–Kier alpha value is -1.63. The SMILES string of the molecule is CC(C)(C)NC(=O)NC(=O)COC1CCC(C(=O)O)CC1. The summed E-state index contributed by atoms with van der Waals surface area (Å²) in [6.07, 6.45) is 2.26. The number of carbonyl (C=O) groups excluding carboxylic acids is 2. The van der Waals surface area contributed by atoms with Crippen molar-refractivity contribution in [3.8, 4) is 0 Å². The van der Waals surface area contributed by atoms with Crippen molar-refractivity contribution in [1.82, 2.24) is 10.6 Å². The summed E-state index contributed by atoms with van der Waals surface area (Å²) in [6, 6.07) is -0.550. The molecule has 7 nitrogen and oxygen atoms in total. The topological polar surface area (TPSA) is 105 Å². The second kappa shape index (κ2) is 7.40. The average Bonchev–Trinajstić information content (AvgIpc) is 2.34. The third-order valence-electron chi connectivity index (χ3n) is 3.22. The van der Waals surface area contributed by atoms with Crippen molar-refractivity contribution in [3.05, 3.63) is 0 Å². The first kappa shape index (κ1) is 17.4. The monoisotopic (exact) mass is 300 g/mol. The van der Waals surface area contributed by atoms with E-state index in [1.807, 2.05) is 20.8 Å². The Kier molecular flexibility index (Phi) is 6.14. The summed E-state index contributed by atoms with van der Waals surface area (Å²) in [5.41, 5.74) is -0.416. The standard InChI is InChI=1S/C14H24N2O5/c1-14(2,3)16-13(20)15-11(17)8-21-10-6-4-9(5-7-10)12(18)19/h9-10H,4-8H2,1-3H3,(H,18,19)(H2,15,16,17,20). The number of carbonyl (C=O) groups is 3. The van der Waals surface area contributed by atoms with Gasteiger partial charge in [0, 0.05) is 5.54 Å². The summed E-state index contributed by atoms with van der Waals surface area (Å²) in [5.74, 6) is -1.58. The van der Waals surface area contributed by atoms with Gasteiger partial charge in [-0.25, -0.2) is 4.79 Å². The molecular formula is C14H24N2O5. The highest BCUT2D eigenvalue weighted by atomic mass is 16.5. The van der Waals surface area contributed by atoms with Gasteiger partial charge in [-0.3, -0.25) is 14.9 Å². The van der Waals surface area contributed by atoms with Crippen molar-refractivity contribution in [2.45, 2.75) is 58.1 Å². The van der Waals surface area contributed by atoms with Crippen LogP contribution in [0.4, 0.5) is 4.79 Å². The molecule has 1 aliphatic rings. The molecule has 0 aromatic rings. The van der Waals surface area contributed by atoms with Gasteiger partial charge in [0.1, 0.15) is 6.61 Å². The molecule has 1 fully saturated rings. The van der Waals surface area contributed by atoms with Crippen molar-refractivity contribution in [2.24, 2.45) is 5.92 Å². The molecule has 0 spiro atoms. The predicted octanol–water partition coefficient (Wildman–Crippen LogP) is 1.27. The van der Waals surface area contributed by atoms with E-state index in [1.165, 1.54) is 0 Å². The minimum Gasteiger partial charge on any atom is -0.481 e. The van der Waals surface area contributed by atoms with Crippen LogP contribution in [0.5, 0.6) is 0 Å². The number of nitrogens with one attached hydrogen (secondary N) is 2. The van der Waals surface area contributed by atoms with Crippen molar-refractivity contribution >= 4 is 17.9 Å². The number of hydrogen-bond acceptors (Lipinski definition) is 4. The van der Waals surface area contributed by atoms with Gasteiger partial charge in [-0.2, -0.15) is 0 Å². The highest BCUT2D eigenvalue weighted by Crippen LogP contribution is 2.26. The van der Waals surface area contributed by atoms with Crippen LogP contribution in [-0.2, 0) is 14.3 Å². The summed E-state index contributed by atoms with van der Waals surface area (Å²) < 4.78 is 5.42. The fourth-order valence-electron chi connectivity index (χ4n) is 2.20. The van der Waals surface area contributed by atoms with E-state index in [4.69, 9.17) is 9.84 Å². The molecule has 1 saturated carbocycles. The Balaban J connectivity index is 2.22. The molecule has 0 radical (unpaired) electrons. The van der Waals surface area contributed by atoms with Crippen molar-refractivity contribution in [3.63, 3.8) is 0 Å². The van der Waals surface area contributed by atoms with Crippen LogP contribution >= 0.6 is 0 Å². The van der Waals surface area contributed by atoms with Gasteiger partial charge in [-0.05, 0) is 46.5 Å². The molecule has 1 aliphatic carbocycles. The molecule has 0 aliphatic heterocycles. The summed E-state index contributed by atoms with van der Waals surface area (Å²) >= 11 is 0. The van der Waals surface area contributed by atoms with Crippen molar-refractivity contribution in [2.75, 3.05) is 6.61 Å². The van der Waals surface area contributed by atoms with Crippen LogP contribution in [0.15, 0.2) is 0 Å². The van der Waals surface area contributed by atoms with E-state index < -0.39 is 23.4 Å².